The number of rotatable bonds is 36. The fourth-order valence-corrected chi connectivity index (χ4v) is 15.3. The maximum Gasteiger partial charge on any atom is 0.409 e. The van der Waals surface area contributed by atoms with Crippen LogP contribution in [0.2, 0.25) is 0 Å². The minimum Gasteiger partial charge on any atom is -0.497 e. The lowest BCUT2D eigenvalue weighted by Crippen LogP contribution is -2.38. The van der Waals surface area contributed by atoms with Crippen molar-refractivity contribution in [3.63, 3.8) is 0 Å². The van der Waals surface area contributed by atoms with Crippen LogP contribution in [0.25, 0.3) is 33.5 Å². The Morgan fingerprint density at radius 2 is 1.19 bits per heavy atom. The van der Waals surface area contributed by atoms with Crippen LogP contribution in [0.4, 0.5) is 16.4 Å². The molecule has 29 nitrogen and oxygen atoms in total. The van der Waals surface area contributed by atoms with E-state index < -0.39 is 69.0 Å². The van der Waals surface area contributed by atoms with Crippen LogP contribution in [0, 0.1) is 5.92 Å². The summed E-state index contributed by atoms with van der Waals surface area (Å²) >= 11 is 0. The lowest BCUT2D eigenvalue weighted by atomic mass is 9.80. The lowest BCUT2D eigenvalue weighted by Gasteiger charge is -2.37. The molecule has 1 aliphatic carbocycles. The van der Waals surface area contributed by atoms with Crippen LogP contribution in [-0.2, 0) is 68.6 Å². The Morgan fingerprint density at radius 3 is 1.77 bits per heavy atom. The number of hydrogen-bond acceptors (Lipinski definition) is 23. The van der Waals surface area contributed by atoms with Crippen molar-refractivity contribution in [2.24, 2.45) is 5.92 Å². The number of amides is 4. The van der Waals surface area contributed by atoms with Gasteiger partial charge in [0.15, 0.2) is 34.0 Å². The van der Waals surface area contributed by atoms with Gasteiger partial charge in [0.2, 0.25) is 11.8 Å². The number of ether oxygens (including phenoxy) is 7. The van der Waals surface area contributed by atoms with Gasteiger partial charge in [-0.1, -0.05) is 136 Å². The van der Waals surface area contributed by atoms with Crippen LogP contribution < -0.4 is 31.6 Å². The van der Waals surface area contributed by atoms with Crippen LogP contribution in [0.5, 0.6) is 11.5 Å². The minimum absolute atomic E-state index is 0. The average Bonchev–Trinajstić information content (AvgIpc) is 1.68. The Kier molecular flexibility index (Phi) is 27.4. The third-order valence-electron chi connectivity index (χ3n) is 20.0. The van der Waals surface area contributed by atoms with Crippen LogP contribution in [0.1, 0.15) is 148 Å². The van der Waals surface area contributed by atoms with E-state index in [1.54, 1.807) is 61.0 Å². The number of anilines is 2. The van der Waals surface area contributed by atoms with Crippen LogP contribution >= 0.6 is 8.60 Å². The first kappa shape index (κ1) is 81.5. The number of Topliss-reactive ketones (excluding diaryl/α,β-unsaturated/α-hetero) is 1. The maximum absolute atomic E-state index is 13.9. The Labute approximate surface area is 655 Å². The molecule has 30 heteroatoms. The zero-order valence-corrected chi connectivity index (χ0v) is 65.1. The van der Waals surface area contributed by atoms with Gasteiger partial charge in [-0.25, -0.2) is 34.7 Å². The van der Waals surface area contributed by atoms with Crippen LogP contribution in [-0.4, -0.2) is 158 Å². The van der Waals surface area contributed by atoms with E-state index in [-0.39, 0.29) is 117 Å². The van der Waals surface area contributed by atoms with E-state index in [0.29, 0.717) is 60.1 Å². The SMILES string of the molecule is CCCOP(OC[C@H]1O[C@@H](n2cnc3c(NC(=O)CCCN(C)C(=O)OCC4c5ccccc5-c5ccccc54)ncnc32)CC1OC(=O)CCC(C)=O)OC1C[C@H](n2cnc3c(NC(=O)c4ccc(CNC(=O)CCC(C)C)cc4)ncnc32)O[C@@H]1COC(c1ccccc1)(c1ccc(OC)cc1)c1ccc(OC)cc1.N. The van der Waals surface area contributed by atoms with Gasteiger partial charge in [0.1, 0.15) is 72.9 Å². The normalized spacial score (nSPS) is 17.4. The van der Waals surface area contributed by atoms with E-state index in [9.17, 15) is 28.8 Å². The molecule has 0 bridgehead atoms. The second-order valence-corrected chi connectivity index (χ2v) is 29.3. The van der Waals surface area contributed by atoms with Crippen molar-refractivity contribution >= 4 is 78.1 Å². The fraction of sp³-hybridized carbons (Fsp3) is 0.373. The summed E-state index contributed by atoms with van der Waals surface area (Å²) in [5, 5.41) is 8.74. The predicted octanol–water partition coefficient (Wildman–Crippen LogP) is 13.7. The van der Waals surface area contributed by atoms with Crippen molar-refractivity contribution in [2.75, 3.05) is 64.9 Å². The first-order valence-corrected chi connectivity index (χ1v) is 38.7. The molecule has 2 saturated heterocycles. The van der Waals surface area contributed by atoms with Gasteiger partial charge in [0, 0.05) is 63.7 Å². The molecule has 6 N–H and O–H groups in total. The summed E-state index contributed by atoms with van der Waals surface area (Å²) in [5.41, 5.74) is 7.91. The number of fused-ring (bicyclic) bond motifs is 5. The highest BCUT2D eigenvalue weighted by atomic mass is 31.2. The van der Waals surface area contributed by atoms with Crippen molar-refractivity contribution in [1.29, 1.82) is 0 Å². The minimum atomic E-state index is -2.30. The van der Waals surface area contributed by atoms with Crippen molar-refractivity contribution in [1.82, 2.24) is 55.4 Å². The lowest BCUT2D eigenvalue weighted by molar-refractivity contribution is -0.153. The molecule has 0 spiro atoms. The van der Waals surface area contributed by atoms with Crippen molar-refractivity contribution in [3.8, 4) is 22.6 Å². The Hall–Kier alpha value is -11.0. The topological polar surface area (TPSA) is 356 Å². The number of nitrogens with one attached hydrogen (secondary N) is 3. The number of esters is 1. The summed E-state index contributed by atoms with van der Waals surface area (Å²) in [5.74, 6) is 0.234. The van der Waals surface area contributed by atoms with Gasteiger partial charge in [-0.15, -0.1) is 0 Å². The third-order valence-corrected chi connectivity index (χ3v) is 21.2. The van der Waals surface area contributed by atoms with Crippen LogP contribution in [0.15, 0.2) is 177 Å². The van der Waals surface area contributed by atoms with Gasteiger partial charge in [-0.05, 0) is 113 Å². The van der Waals surface area contributed by atoms with E-state index >= 15 is 0 Å². The zero-order valence-electron chi connectivity index (χ0n) is 64.2. The number of carbonyl (C=O) groups is 6. The van der Waals surface area contributed by atoms with Crippen LogP contribution in [0.3, 0.4) is 0 Å². The second kappa shape index (κ2) is 38.0. The van der Waals surface area contributed by atoms with E-state index in [0.717, 1.165) is 50.9 Å². The molecule has 0 saturated carbocycles. The molecule has 13 rings (SSSR count). The van der Waals surface area contributed by atoms with Crippen molar-refractivity contribution < 1.29 is 75.5 Å². The molecule has 10 aromatic rings. The molecular weight excluding hydrogens is 1470 g/mol. The molecule has 113 heavy (non-hydrogen) atoms. The van der Waals surface area contributed by atoms with Gasteiger partial charge in [0.25, 0.3) is 5.91 Å². The molecule has 6 heterocycles. The molecular formula is C83H94N13O16P. The van der Waals surface area contributed by atoms with E-state index in [1.165, 1.54) is 30.8 Å². The fourth-order valence-electron chi connectivity index (χ4n) is 14.0. The molecule has 4 aromatic heterocycles. The van der Waals surface area contributed by atoms with Crippen molar-refractivity contribution in [3.05, 3.63) is 216 Å². The predicted molar refractivity (Wildman–Crippen MR) is 421 cm³/mol. The Balaban J connectivity index is 0.0000118. The highest BCUT2D eigenvalue weighted by Crippen LogP contribution is 2.50. The van der Waals surface area contributed by atoms with Gasteiger partial charge in [-0.3, -0.25) is 28.3 Å². The molecule has 0 radical (unpaired) electrons. The smallest absolute Gasteiger partial charge is 0.409 e. The molecule has 4 amide bonds. The molecule has 3 aliphatic rings. The number of ketones is 1. The van der Waals surface area contributed by atoms with E-state index in [2.05, 4.69) is 79.0 Å². The zero-order chi connectivity index (χ0) is 78.3. The van der Waals surface area contributed by atoms with E-state index in [4.69, 9.17) is 51.7 Å². The molecule has 6 aromatic carbocycles. The number of carbonyl (C=O) groups excluding carboxylic acids is 6. The molecule has 2 aliphatic heterocycles. The highest BCUT2D eigenvalue weighted by molar-refractivity contribution is 7.41. The standard InChI is InChI=1S/C83H91N12O16P.H3N/c1-8-41-106-112(107-47-69-66(110-74(99)39-25-53(4)96)42-72(109-69)94-50-89-75-77(85-48-87-79(75)94)91-71(98)23-16-40-93(5)82(101)104-45-65-63-21-14-12-19-61(63)62-20-13-15-22-64(62)65)111-67-43-73(95-51-90-76-78(86-49-88-80(76)95)92-81(100)55-28-26-54(27-29-55)44-84-70(97)38-24-52(2)3)108-68(67)46-105-83(56-17-10-9-11-18-56,57-30-34-59(102-6)35-31-57)58-32-36-60(103-7)37-33-58;/h9-15,17-22,26-37,48-52,65-69,72-73H,8,16,23-25,38-47H2,1-7H3,(H,84,97)(H,85,87,91,98)(H,86,88,92,100);1H3/t66?,67?,68-,69-,72-,73-,112?;/m1./s1. The molecule has 592 valence electrons. The Morgan fingerprint density at radius 1 is 0.619 bits per heavy atom. The number of imidazole rings is 2. The molecule has 2 fully saturated rings. The number of aromatic nitrogens is 8. The summed E-state index contributed by atoms with van der Waals surface area (Å²) in [6.07, 6.45) is 2.11. The van der Waals surface area contributed by atoms with Gasteiger partial charge < -0.3 is 78.5 Å². The van der Waals surface area contributed by atoms with Gasteiger partial charge in [0.05, 0.1) is 59.2 Å². The first-order chi connectivity index (χ1) is 54.5. The van der Waals surface area contributed by atoms with Crippen molar-refractivity contribution in [2.45, 2.75) is 140 Å². The second-order valence-electron chi connectivity index (χ2n) is 28.1. The quantitative estimate of drug-likeness (QED) is 0.0161. The average molecular weight is 1560 g/mol. The molecule has 3 unspecified atom stereocenters. The first-order valence-electron chi connectivity index (χ1n) is 37.6. The number of nitrogens with zero attached hydrogens (tertiary/aromatic N) is 9. The Bertz CT molecular complexity index is 4830. The van der Waals surface area contributed by atoms with Gasteiger partial charge >= 0.3 is 20.7 Å². The maximum atomic E-state index is 13.9. The third kappa shape index (κ3) is 19.4. The number of benzene rings is 6. The largest absolute Gasteiger partial charge is 0.497 e. The van der Waals surface area contributed by atoms with E-state index in [1.807, 2.05) is 110 Å². The monoisotopic (exact) mass is 1560 g/mol. The highest BCUT2D eigenvalue weighted by Gasteiger charge is 2.46. The summed E-state index contributed by atoms with van der Waals surface area (Å²) in [4.78, 5) is 108. The van der Waals surface area contributed by atoms with Gasteiger partial charge in [-0.2, -0.15) is 0 Å². The molecule has 7 atom stereocenters. The number of hydrogen-bond donors (Lipinski definition) is 4. The summed E-state index contributed by atoms with van der Waals surface area (Å²) < 4.78 is 68.3. The summed E-state index contributed by atoms with van der Waals surface area (Å²) in [6.45, 7) is 8.12. The number of methoxy groups -OCH3 is 2. The summed E-state index contributed by atoms with van der Waals surface area (Å²) in [7, 11) is 2.55. The summed E-state index contributed by atoms with van der Waals surface area (Å²) in [6, 6.07) is 48.4.